The van der Waals surface area contributed by atoms with Gasteiger partial charge in [-0.15, -0.1) is 6.58 Å². The van der Waals surface area contributed by atoms with Gasteiger partial charge in [-0.25, -0.2) is 0 Å². The highest BCUT2D eigenvalue weighted by molar-refractivity contribution is 7.99. The first-order chi connectivity index (χ1) is 5.31. The number of thioether (sulfide) groups is 1. The van der Waals surface area contributed by atoms with Crippen molar-refractivity contribution in [2.45, 2.75) is 12.8 Å². The van der Waals surface area contributed by atoms with Gasteiger partial charge in [0.05, 0.1) is 7.11 Å². The van der Waals surface area contributed by atoms with E-state index in [9.17, 15) is 4.79 Å². The summed E-state index contributed by atoms with van der Waals surface area (Å²) in [5.74, 6) is 1.84. The molecule has 0 aliphatic carbocycles. The number of carbonyl (C=O) groups is 1. The van der Waals surface area contributed by atoms with Crippen molar-refractivity contribution < 1.29 is 9.53 Å². The number of hydrogen-bond acceptors (Lipinski definition) is 3. The smallest absolute Gasteiger partial charge is 0.305 e. The van der Waals surface area contributed by atoms with Crippen LogP contribution in [0.15, 0.2) is 12.7 Å². The van der Waals surface area contributed by atoms with Crippen molar-refractivity contribution in [1.29, 1.82) is 0 Å². The van der Waals surface area contributed by atoms with Gasteiger partial charge in [0.1, 0.15) is 0 Å². The van der Waals surface area contributed by atoms with Crippen molar-refractivity contribution in [1.82, 2.24) is 0 Å². The van der Waals surface area contributed by atoms with E-state index >= 15 is 0 Å². The molecule has 0 spiro atoms. The molecule has 0 amide bonds. The second-order valence-electron chi connectivity index (χ2n) is 2.04. The van der Waals surface area contributed by atoms with E-state index in [-0.39, 0.29) is 5.97 Å². The first-order valence-electron chi connectivity index (χ1n) is 3.56. The molecule has 0 radical (unpaired) electrons. The molecule has 0 aromatic rings. The van der Waals surface area contributed by atoms with E-state index in [2.05, 4.69) is 11.3 Å². The van der Waals surface area contributed by atoms with Gasteiger partial charge in [-0.3, -0.25) is 4.79 Å². The lowest BCUT2D eigenvalue weighted by atomic mass is 10.3. The van der Waals surface area contributed by atoms with Crippen LogP contribution in [0, 0.1) is 0 Å². The Morgan fingerprint density at radius 1 is 1.73 bits per heavy atom. The van der Waals surface area contributed by atoms with Gasteiger partial charge in [-0.1, -0.05) is 6.08 Å². The Labute approximate surface area is 72.0 Å². The van der Waals surface area contributed by atoms with Gasteiger partial charge in [-0.05, 0) is 12.2 Å². The summed E-state index contributed by atoms with van der Waals surface area (Å²) in [6.45, 7) is 3.60. The van der Waals surface area contributed by atoms with Crippen molar-refractivity contribution >= 4 is 17.7 Å². The van der Waals surface area contributed by atoms with Crippen molar-refractivity contribution in [3.8, 4) is 0 Å². The SMILES string of the molecule is C=CCSCCCC(=O)OC. The molecule has 0 fully saturated rings. The summed E-state index contributed by atoms with van der Waals surface area (Å²) in [5.41, 5.74) is 0. The van der Waals surface area contributed by atoms with E-state index in [1.54, 1.807) is 11.8 Å². The lowest BCUT2D eigenvalue weighted by Crippen LogP contribution is -2.00. The molecule has 0 aliphatic rings. The quantitative estimate of drug-likeness (QED) is 0.349. The maximum Gasteiger partial charge on any atom is 0.305 e. The van der Waals surface area contributed by atoms with E-state index in [0.717, 1.165) is 17.9 Å². The minimum atomic E-state index is -0.121. The zero-order valence-corrected chi connectivity index (χ0v) is 7.65. The third-order valence-electron chi connectivity index (χ3n) is 1.13. The van der Waals surface area contributed by atoms with Crippen LogP contribution < -0.4 is 0 Å². The van der Waals surface area contributed by atoms with Gasteiger partial charge in [-0.2, -0.15) is 11.8 Å². The molecule has 0 saturated heterocycles. The fourth-order valence-electron chi connectivity index (χ4n) is 0.587. The fourth-order valence-corrected chi connectivity index (χ4v) is 1.27. The maximum atomic E-state index is 10.6. The average Bonchev–Trinajstić information content (AvgIpc) is 2.04. The summed E-state index contributed by atoms with van der Waals surface area (Å²) < 4.78 is 4.49. The molecule has 11 heavy (non-hydrogen) atoms. The standard InChI is InChI=1S/C8H14O2S/c1-3-6-11-7-4-5-8(9)10-2/h3H,1,4-7H2,2H3. The van der Waals surface area contributed by atoms with E-state index in [0.29, 0.717) is 6.42 Å². The van der Waals surface area contributed by atoms with Crippen LogP contribution in [-0.4, -0.2) is 24.6 Å². The molecule has 64 valence electrons. The van der Waals surface area contributed by atoms with Crippen molar-refractivity contribution in [3.05, 3.63) is 12.7 Å². The van der Waals surface area contributed by atoms with Crippen molar-refractivity contribution in [2.24, 2.45) is 0 Å². The van der Waals surface area contributed by atoms with Crippen LogP contribution in [-0.2, 0) is 9.53 Å². The predicted octanol–water partition coefficient (Wildman–Crippen LogP) is 1.86. The van der Waals surface area contributed by atoms with Gasteiger partial charge in [0.2, 0.25) is 0 Å². The van der Waals surface area contributed by atoms with Gasteiger partial charge in [0.15, 0.2) is 0 Å². The molecule has 0 atom stereocenters. The lowest BCUT2D eigenvalue weighted by molar-refractivity contribution is -0.140. The number of rotatable bonds is 6. The Bertz CT molecular complexity index is 123. The molecule has 0 saturated carbocycles. The highest BCUT2D eigenvalue weighted by atomic mass is 32.2. The molecule has 0 bridgehead atoms. The van der Waals surface area contributed by atoms with E-state index in [1.807, 2.05) is 6.08 Å². The Morgan fingerprint density at radius 3 is 3.00 bits per heavy atom. The van der Waals surface area contributed by atoms with Gasteiger partial charge in [0, 0.05) is 12.2 Å². The number of hydrogen-bond donors (Lipinski definition) is 0. The Kier molecular flexibility index (Phi) is 7.36. The molecule has 0 aromatic heterocycles. The van der Waals surface area contributed by atoms with E-state index in [4.69, 9.17) is 0 Å². The van der Waals surface area contributed by atoms with Crippen molar-refractivity contribution in [2.75, 3.05) is 18.6 Å². The van der Waals surface area contributed by atoms with Crippen LogP contribution in [0.2, 0.25) is 0 Å². The highest BCUT2D eigenvalue weighted by Gasteiger charge is 1.97. The summed E-state index contributed by atoms with van der Waals surface area (Å²) in [5, 5.41) is 0. The van der Waals surface area contributed by atoms with Crippen LogP contribution in [0.25, 0.3) is 0 Å². The van der Waals surface area contributed by atoms with Gasteiger partial charge >= 0.3 is 5.97 Å². The van der Waals surface area contributed by atoms with E-state index in [1.165, 1.54) is 7.11 Å². The third-order valence-corrected chi connectivity index (χ3v) is 2.18. The number of carbonyl (C=O) groups excluding carboxylic acids is 1. The molecular weight excluding hydrogens is 160 g/mol. The molecule has 2 nitrogen and oxygen atoms in total. The minimum absolute atomic E-state index is 0.121. The second-order valence-corrected chi connectivity index (χ2v) is 3.19. The molecule has 0 heterocycles. The number of ether oxygens (including phenoxy) is 1. The predicted molar refractivity (Wildman–Crippen MR) is 48.8 cm³/mol. The second kappa shape index (κ2) is 7.66. The molecule has 0 aliphatic heterocycles. The first-order valence-corrected chi connectivity index (χ1v) is 4.72. The molecule has 0 unspecified atom stereocenters. The summed E-state index contributed by atoms with van der Waals surface area (Å²) >= 11 is 1.78. The Hall–Kier alpha value is -0.440. The minimum Gasteiger partial charge on any atom is -0.469 e. The van der Waals surface area contributed by atoms with Crippen LogP contribution in [0.3, 0.4) is 0 Å². The molecule has 3 heteroatoms. The van der Waals surface area contributed by atoms with Crippen LogP contribution in [0.1, 0.15) is 12.8 Å². The monoisotopic (exact) mass is 174 g/mol. The summed E-state index contributed by atoms with van der Waals surface area (Å²) in [7, 11) is 1.42. The average molecular weight is 174 g/mol. The Morgan fingerprint density at radius 2 is 2.45 bits per heavy atom. The van der Waals surface area contributed by atoms with Crippen LogP contribution >= 0.6 is 11.8 Å². The molecule has 0 rings (SSSR count). The summed E-state index contributed by atoms with van der Waals surface area (Å²) in [4.78, 5) is 10.6. The molecule has 0 aromatic carbocycles. The third kappa shape index (κ3) is 7.46. The normalized spacial score (nSPS) is 9.18. The maximum absolute atomic E-state index is 10.6. The van der Waals surface area contributed by atoms with Crippen LogP contribution in [0.5, 0.6) is 0 Å². The summed E-state index contributed by atoms with van der Waals surface area (Å²) in [6.07, 6.45) is 3.29. The van der Waals surface area contributed by atoms with E-state index < -0.39 is 0 Å². The first kappa shape index (κ1) is 10.6. The largest absolute Gasteiger partial charge is 0.469 e. The van der Waals surface area contributed by atoms with Crippen molar-refractivity contribution in [3.63, 3.8) is 0 Å². The molecule has 0 N–H and O–H groups in total. The lowest BCUT2D eigenvalue weighted by Gasteiger charge is -1.97. The van der Waals surface area contributed by atoms with Gasteiger partial charge < -0.3 is 4.74 Å². The number of methoxy groups -OCH3 is 1. The summed E-state index contributed by atoms with van der Waals surface area (Å²) in [6, 6.07) is 0. The topological polar surface area (TPSA) is 26.3 Å². The molecular formula is C8H14O2S. The Balaban J connectivity index is 3.01. The highest BCUT2D eigenvalue weighted by Crippen LogP contribution is 2.04. The van der Waals surface area contributed by atoms with Crippen LogP contribution in [0.4, 0.5) is 0 Å². The number of esters is 1. The fraction of sp³-hybridized carbons (Fsp3) is 0.625. The zero-order chi connectivity index (χ0) is 8.53. The van der Waals surface area contributed by atoms with Gasteiger partial charge in [0.25, 0.3) is 0 Å². The zero-order valence-electron chi connectivity index (χ0n) is 6.84.